The minimum atomic E-state index is -0.156. The maximum Gasteiger partial charge on any atom is 0.186 e. The molecule has 0 amide bonds. The number of hydrogen-bond donors (Lipinski definition) is 2. The Bertz CT molecular complexity index is 885. The first-order chi connectivity index (χ1) is 12.1. The topological polar surface area (TPSA) is 94.4 Å². The van der Waals surface area contributed by atoms with E-state index in [9.17, 15) is 4.79 Å². The van der Waals surface area contributed by atoms with Crippen LogP contribution in [0.3, 0.4) is 0 Å². The average Bonchev–Trinajstić information content (AvgIpc) is 3.12. The number of aromatic nitrogens is 1. The van der Waals surface area contributed by atoms with Gasteiger partial charge in [-0.1, -0.05) is 24.3 Å². The number of thiophene rings is 1. The largest absolute Gasteiger partial charge is 0.370 e. The van der Waals surface area contributed by atoms with E-state index in [-0.39, 0.29) is 17.8 Å². The molecule has 0 aliphatic heterocycles. The highest BCUT2D eigenvalue weighted by Gasteiger charge is 2.14. The maximum atomic E-state index is 12.4. The van der Waals surface area contributed by atoms with Crippen molar-refractivity contribution in [2.45, 2.75) is 25.3 Å². The zero-order chi connectivity index (χ0) is 17.6. The highest BCUT2D eigenvalue weighted by atomic mass is 32.1. The van der Waals surface area contributed by atoms with Crippen LogP contribution >= 0.6 is 11.3 Å². The van der Waals surface area contributed by atoms with E-state index < -0.39 is 0 Å². The second kappa shape index (κ2) is 7.90. The summed E-state index contributed by atoms with van der Waals surface area (Å²) >= 11 is 1.59. The van der Waals surface area contributed by atoms with Crippen molar-refractivity contribution in [3.05, 3.63) is 64.6 Å². The van der Waals surface area contributed by atoms with Crippen LogP contribution in [-0.4, -0.2) is 16.7 Å². The molecule has 1 aromatic carbocycles. The Morgan fingerprint density at radius 2 is 2.08 bits per heavy atom. The normalized spacial score (nSPS) is 12.0. The Labute approximate surface area is 150 Å². The molecule has 3 rings (SSSR count). The Morgan fingerprint density at radius 1 is 1.20 bits per heavy atom. The lowest BCUT2D eigenvalue weighted by Gasteiger charge is -2.11. The molecule has 6 heteroatoms. The third-order valence-corrected chi connectivity index (χ3v) is 4.95. The van der Waals surface area contributed by atoms with Crippen LogP contribution in [-0.2, 0) is 11.2 Å². The molecule has 3 aromatic rings. The summed E-state index contributed by atoms with van der Waals surface area (Å²) in [5.74, 6) is 0.231. The summed E-state index contributed by atoms with van der Waals surface area (Å²) in [5.41, 5.74) is 12.1. The van der Waals surface area contributed by atoms with Crippen LogP contribution in [0.15, 0.2) is 59.2 Å². The van der Waals surface area contributed by atoms with Gasteiger partial charge in [0.25, 0.3) is 0 Å². The van der Waals surface area contributed by atoms with Gasteiger partial charge in [-0.15, -0.1) is 11.3 Å². The van der Waals surface area contributed by atoms with E-state index in [1.165, 1.54) is 0 Å². The van der Waals surface area contributed by atoms with Crippen molar-refractivity contribution in [2.75, 3.05) is 0 Å². The molecule has 0 fully saturated rings. The van der Waals surface area contributed by atoms with Crippen molar-refractivity contribution in [3.8, 4) is 0 Å². The maximum absolute atomic E-state index is 12.4. The zero-order valence-corrected chi connectivity index (χ0v) is 14.6. The first kappa shape index (κ1) is 17.1. The van der Waals surface area contributed by atoms with Gasteiger partial charge < -0.3 is 11.5 Å². The lowest BCUT2D eigenvalue weighted by atomic mass is 10.0. The fourth-order valence-electron chi connectivity index (χ4n) is 2.79. The third kappa shape index (κ3) is 4.64. The Kier molecular flexibility index (Phi) is 5.40. The van der Waals surface area contributed by atoms with Crippen molar-refractivity contribution in [1.82, 2.24) is 4.98 Å². The summed E-state index contributed by atoms with van der Waals surface area (Å²) in [7, 11) is 0. The molecular formula is C19H20N4OS. The third-order valence-electron chi connectivity index (χ3n) is 3.98. The van der Waals surface area contributed by atoms with Gasteiger partial charge in [0.05, 0.1) is 6.04 Å². The van der Waals surface area contributed by atoms with E-state index >= 15 is 0 Å². The molecule has 128 valence electrons. The number of pyridine rings is 1. The number of Topliss-reactive ketones (excluding diaryl/α,β-unsaturated/α-hetero) is 1. The molecule has 25 heavy (non-hydrogen) atoms. The summed E-state index contributed by atoms with van der Waals surface area (Å²) in [4.78, 5) is 21.8. The van der Waals surface area contributed by atoms with Gasteiger partial charge >= 0.3 is 0 Å². The van der Waals surface area contributed by atoms with Crippen molar-refractivity contribution in [1.29, 1.82) is 0 Å². The summed E-state index contributed by atoms with van der Waals surface area (Å²) < 4.78 is 0. The fourth-order valence-corrected chi connectivity index (χ4v) is 3.59. The number of guanidine groups is 1. The molecule has 0 bridgehead atoms. The molecule has 2 heterocycles. The number of benzene rings is 1. The number of carbonyl (C=O) groups excluding carboxylic acids is 1. The van der Waals surface area contributed by atoms with Crippen LogP contribution in [0.4, 0.5) is 0 Å². The molecule has 0 radical (unpaired) electrons. The Morgan fingerprint density at radius 3 is 2.84 bits per heavy atom. The highest BCUT2D eigenvalue weighted by molar-refractivity contribution is 7.10. The lowest BCUT2D eigenvalue weighted by molar-refractivity contribution is -0.118. The van der Waals surface area contributed by atoms with Gasteiger partial charge in [0.2, 0.25) is 0 Å². The fraction of sp³-hybridized carbons (Fsp3) is 0.211. The summed E-state index contributed by atoms with van der Waals surface area (Å²) in [6, 6.07) is 11.8. The molecular weight excluding hydrogens is 332 g/mol. The number of nitrogens with two attached hydrogens (primary N) is 2. The molecule has 4 N–H and O–H groups in total. The van der Waals surface area contributed by atoms with Crippen molar-refractivity contribution < 1.29 is 4.79 Å². The van der Waals surface area contributed by atoms with E-state index in [1.807, 2.05) is 48.0 Å². The monoisotopic (exact) mass is 352 g/mol. The summed E-state index contributed by atoms with van der Waals surface area (Å²) in [6.45, 7) is 0. The molecule has 0 saturated carbocycles. The van der Waals surface area contributed by atoms with E-state index in [0.717, 1.165) is 21.2 Å². The first-order valence-electron chi connectivity index (χ1n) is 8.08. The molecule has 2 aromatic heterocycles. The zero-order valence-electron chi connectivity index (χ0n) is 13.8. The van der Waals surface area contributed by atoms with Crippen LogP contribution in [0.2, 0.25) is 0 Å². The van der Waals surface area contributed by atoms with Crippen molar-refractivity contribution in [2.24, 2.45) is 16.5 Å². The van der Waals surface area contributed by atoms with Crippen LogP contribution in [0.5, 0.6) is 0 Å². The highest BCUT2D eigenvalue weighted by Crippen LogP contribution is 2.27. The van der Waals surface area contributed by atoms with Crippen molar-refractivity contribution >= 4 is 33.9 Å². The summed E-state index contributed by atoms with van der Waals surface area (Å²) in [5, 5.41) is 4.15. The van der Waals surface area contributed by atoms with Gasteiger partial charge in [0.15, 0.2) is 5.96 Å². The van der Waals surface area contributed by atoms with E-state index in [4.69, 9.17) is 11.5 Å². The average molecular weight is 352 g/mol. The van der Waals surface area contributed by atoms with Gasteiger partial charge in [-0.25, -0.2) is 4.99 Å². The molecule has 0 spiro atoms. The quantitative estimate of drug-likeness (QED) is 0.504. The van der Waals surface area contributed by atoms with E-state index in [2.05, 4.69) is 9.98 Å². The smallest absolute Gasteiger partial charge is 0.186 e. The molecule has 0 aliphatic rings. The summed E-state index contributed by atoms with van der Waals surface area (Å²) in [6.07, 6.45) is 5.04. The van der Waals surface area contributed by atoms with Crippen LogP contribution < -0.4 is 11.5 Å². The van der Waals surface area contributed by atoms with Crippen LogP contribution in [0.1, 0.15) is 29.3 Å². The molecule has 1 unspecified atom stereocenters. The lowest BCUT2D eigenvalue weighted by Crippen LogP contribution is -2.23. The molecule has 0 saturated heterocycles. The standard InChI is InChI=1S/C19H20N4OS/c20-19(21)23-17(18-2-1-9-25-18)6-5-16(24)11-13-3-4-15-12-22-8-7-14(15)10-13/h1-4,7-10,12,17H,5-6,11H2,(H4,20,21,23). The molecule has 1 atom stereocenters. The molecule has 5 nitrogen and oxygen atoms in total. The van der Waals surface area contributed by atoms with Crippen molar-refractivity contribution in [3.63, 3.8) is 0 Å². The van der Waals surface area contributed by atoms with Crippen LogP contribution in [0.25, 0.3) is 10.8 Å². The second-order valence-corrected chi connectivity index (χ2v) is 6.88. The number of carbonyl (C=O) groups is 1. The van der Waals surface area contributed by atoms with Gasteiger partial charge in [0.1, 0.15) is 5.78 Å². The molecule has 0 aliphatic carbocycles. The predicted molar refractivity (Wildman–Crippen MR) is 103 cm³/mol. The minimum absolute atomic E-state index is 0.0500. The van der Waals surface area contributed by atoms with Gasteiger partial charge in [-0.3, -0.25) is 9.78 Å². The van der Waals surface area contributed by atoms with Gasteiger partial charge in [0, 0.05) is 35.5 Å². The number of fused-ring (bicyclic) bond motifs is 1. The SMILES string of the molecule is NC(N)=NC(CCC(=O)Cc1ccc2cnccc2c1)c1cccs1. The number of ketones is 1. The first-order valence-corrected chi connectivity index (χ1v) is 8.96. The van der Waals surface area contributed by atoms with Gasteiger partial charge in [-0.05, 0) is 34.9 Å². The predicted octanol–water partition coefficient (Wildman–Crippen LogP) is 3.20. The van der Waals surface area contributed by atoms with Gasteiger partial charge in [-0.2, -0.15) is 0 Å². The Hall–Kier alpha value is -2.73. The Balaban J connectivity index is 1.63. The number of nitrogens with zero attached hydrogens (tertiary/aromatic N) is 2. The number of hydrogen-bond acceptors (Lipinski definition) is 4. The van der Waals surface area contributed by atoms with E-state index in [1.54, 1.807) is 17.5 Å². The van der Waals surface area contributed by atoms with E-state index in [0.29, 0.717) is 19.3 Å². The number of aliphatic imine (C=N–C) groups is 1. The minimum Gasteiger partial charge on any atom is -0.370 e. The second-order valence-electron chi connectivity index (χ2n) is 5.90. The number of rotatable bonds is 7. The van der Waals surface area contributed by atoms with Crippen LogP contribution in [0, 0.1) is 0 Å².